The summed E-state index contributed by atoms with van der Waals surface area (Å²) in [7, 11) is 1.67. The maximum Gasteiger partial charge on any atom is 0.167 e. The zero-order valence-electron chi connectivity index (χ0n) is 13.3. The molecule has 0 aliphatic heterocycles. The number of aldehydes is 1. The molecule has 3 nitrogen and oxygen atoms in total. The first kappa shape index (κ1) is 14.4. The van der Waals surface area contributed by atoms with Crippen LogP contribution in [0.1, 0.15) is 27.2 Å². The lowest BCUT2D eigenvalue weighted by molar-refractivity contribution is 0.111. The molecule has 0 radical (unpaired) electrons. The van der Waals surface area contributed by atoms with Crippen LogP contribution in [-0.4, -0.2) is 17.8 Å². The van der Waals surface area contributed by atoms with E-state index in [1.54, 1.807) is 7.11 Å². The topological polar surface area (TPSA) is 30.7 Å². The summed E-state index contributed by atoms with van der Waals surface area (Å²) in [6.45, 7) is 6.12. The number of carbonyl (C=O) groups is 1. The molecule has 3 aromatic rings. The van der Waals surface area contributed by atoms with Crippen molar-refractivity contribution in [2.45, 2.75) is 20.8 Å². The summed E-state index contributed by atoms with van der Waals surface area (Å²) in [5.74, 6) is 0.821. The van der Waals surface area contributed by atoms with E-state index < -0.39 is 0 Å². The fourth-order valence-electron chi connectivity index (χ4n) is 3.07. The first-order chi connectivity index (χ1) is 10.5. The maximum absolute atomic E-state index is 11.7. The van der Waals surface area contributed by atoms with Gasteiger partial charge in [0.05, 0.1) is 12.8 Å². The highest BCUT2D eigenvalue weighted by Crippen LogP contribution is 2.37. The zero-order chi connectivity index (χ0) is 15.9. The largest absolute Gasteiger partial charge is 0.496 e. The number of fused-ring (bicyclic) bond motifs is 1. The Labute approximate surface area is 130 Å². The van der Waals surface area contributed by atoms with Crippen LogP contribution in [0.5, 0.6) is 5.75 Å². The number of benzene rings is 1. The van der Waals surface area contributed by atoms with Gasteiger partial charge in [0.25, 0.3) is 0 Å². The molecule has 0 N–H and O–H groups in total. The van der Waals surface area contributed by atoms with Crippen molar-refractivity contribution in [3.8, 4) is 16.9 Å². The summed E-state index contributed by atoms with van der Waals surface area (Å²) >= 11 is 0. The van der Waals surface area contributed by atoms with Gasteiger partial charge in [-0.3, -0.25) is 4.79 Å². The van der Waals surface area contributed by atoms with Crippen molar-refractivity contribution in [2.75, 3.05) is 7.11 Å². The lowest BCUT2D eigenvalue weighted by atomic mass is 9.99. The van der Waals surface area contributed by atoms with Crippen LogP contribution >= 0.6 is 0 Å². The zero-order valence-corrected chi connectivity index (χ0v) is 13.3. The smallest absolute Gasteiger partial charge is 0.167 e. The second-order valence-electron chi connectivity index (χ2n) is 5.72. The van der Waals surface area contributed by atoms with Crippen LogP contribution in [0.15, 0.2) is 36.5 Å². The molecule has 0 spiro atoms. The average molecular weight is 293 g/mol. The highest BCUT2D eigenvalue weighted by atomic mass is 16.5. The van der Waals surface area contributed by atoms with Crippen LogP contribution in [0.4, 0.5) is 0 Å². The van der Waals surface area contributed by atoms with E-state index in [0.29, 0.717) is 5.69 Å². The second-order valence-corrected chi connectivity index (χ2v) is 5.72. The monoisotopic (exact) mass is 293 g/mol. The molecule has 112 valence electrons. The summed E-state index contributed by atoms with van der Waals surface area (Å²) in [6.07, 6.45) is 2.85. The molecule has 0 fully saturated rings. The van der Waals surface area contributed by atoms with Crippen molar-refractivity contribution in [3.63, 3.8) is 0 Å². The molecule has 3 rings (SSSR count). The van der Waals surface area contributed by atoms with Gasteiger partial charge >= 0.3 is 0 Å². The number of aryl methyl sites for hydroxylation is 3. The van der Waals surface area contributed by atoms with E-state index in [9.17, 15) is 4.79 Å². The molecular formula is C19H19NO2. The lowest BCUT2D eigenvalue weighted by Gasteiger charge is -2.12. The van der Waals surface area contributed by atoms with Crippen molar-refractivity contribution in [2.24, 2.45) is 0 Å². The van der Waals surface area contributed by atoms with Gasteiger partial charge in [-0.2, -0.15) is 0 Å². The number of carbonyl (C=O) groups excluding carboxylic acids is 1. The summed E-state index contributed by atoms with van der Waals surface area (Å²) in [6, 6.07) is 10.3. The molecule has 0 bridgehead atoms. The SMILES string of the molecule is COc1c(C)cc(C)cc1-c1cc2cc(C)ccn2c1C=O. The van der Waals surface area contributed by atoms with E-state index in [0.717, 1.165) is 39.8 Å². The van der Waals surface area contributed by atoms with Crippen molar-refractivity contribution in [1.29, 1.82) is 0 Å². The quantitative estimate of drug-likeness (QED) is 0.672. The van der Waals surface area contributed by atoms with Gasteiger partial charge < -0.3 is 9.14 Å². The molecule has 0 aliphatic rings. The molecule has 1 aromatic carbocycles. The number of hydrogen-bond donors (Lipinski definition) is 0. The molecule has 0 saturated heterocycles. The Balaban J connectivity index is 2.37. The third kappa shape index (κ3) is 2.19. The Morgan fingerprint density at radius 2 is 1.77 bits per heavy atom. The lowest BCUT2D eigenvalue weighted by Crippen LogP contribution is -1.96. The molecule has 0 amide bonds. The number of nitrogens with zero attached hydrogens (tertiary/aromatic N) is 1. The minimum atomic E-state index is 0.651. The first-order valence-electron chi connectivity index (χ1n) is 7.27. The summed E-state index contributed by atoms with van der Waals surface area (Å²) in [4.78, 5) is 11.7. The predicted molar refractivity (Wildman–Crippen MR) is 89.0 cm³/mol. The van der Waals surface area contributed by atoms with Crippen molar-refractivity contribution >= 4 is 11.8 Å². The molecular weight excluding hydrogens is 274 g/mol. The van der Waals surface area contributed by atoms with Crippen molar-refractivity contribution in [3.05, 3.63) is 58.9 Å². The fraction of sp³-hybridized carbons (Fsp3) is 0.211. The molecule has 2 heterocycles. The summed E-state index contributed by atoms with van der Waals surface area (Å²) in [5.41, 5.74) is 6.92. The average Bonchev–Trinajstić information content (AvgIpc) is 2.83. The van der Waals surface area contributed by atoms with Crippen LogP contribution in [0.3, 0.4) is 0 Å². The minimum Gasteiger partial charge on any atom is -0.496 e. The first-order valence-corrected chi connectivity index (χ1v) is 7.27. The minimum absolute atomic E-state index is 0.651. The van der Waals surface area contributed by atoms with Gasteiger partial charge in [0.1, 0.15) is 5.75 Å². The van der Waals surface area contributed by atoms with Crippen molar-refractivity contribution < 1.29 is 9.53 Å². The van der Waals surface area contributed by atoms with E-state index in [4.69, 9.17) is 4.74 Å². The van der Waals surface area contributed by atoms with Gasteiger partial charge in [0, 0.05) is 22.8 Å². The van der Waals surface area contributed by atoms with Crippen LogP contribution in [-0.2, 0) is 0 Å². The van der Waals surface area contributed by atoms with Crippen LogP contribution in [0, 0.1) is 20.8 Å². The van der Waals surface area contributed by atoms with Crippen LogP contribution < -0.4 is 4.74 Å². The normalized spacial score (nSPS) is 10.9. The second kappa shape index (κ2) is 5.34. The van der Waals surface area contributed by atoms with E-state index >= 15 is 0 Å². The molecule has 0 saturated carbocycles. The number of methoxy groups -OCH3 is 1. The molecule has 2 aromatic heterocycles. The Hall–Kier alpha value is -2.55. The number of pyridine rings is 1. The van der Waals surface area contributed by atoms with E-state index in [2.05, 4.69) is 25.1 Å². The molecule has 22 heavy (non-hydrogen) atoms. The Morgan fingerprint density at radius 3 is 2.45 bits per heavy atom. The maximum atomic E-state index is 11.7. The third-order valence-corrected chi connectivity index (χ3v) is 3.99. The fourth-order valence-corrected chi connectivity index (χ4v) is 3.07. The Morgan fingerprint density at radius 1 is 1.00 bits per heavy atom. The van der Waals surface area contributed by atoms with Gasteiger partial charge in [-0.05, 0) is 61.7 Å². The Bertz CT molecular complexity index is 875. The van der Waals surface area contributed by atoms with Crippen molar-refractivity contribution in [1.82, 2.24) is 4.40 Å². The Kier molecular flexibility index (Phi) is 3.49. The van der Waals surface area contributed by atoms with E-state index in [1.165, 1.54) is 5.56 Å². The third-order valence-electron chi connectivity index (χ3n) is 3.99. The van der Waals surface area contributed by atoms with E-state index in [1.807, 2.05) is 36.6 Å². The number of hydrogen-bond acceptors (Lipinski definition) is 2. The van der Waals surface area contributed by atoms with Gasteiger partial charge in [-0.25, -0.2) is 0 Å². The molecule has 0 unspecified atom stereocenters. The van der Waals surface area contributed by atoms with E-state index in [-0.39, 0.29) is 0 Å². The molecule has 3 heteroatoms. The van der Waals surface area contributed by atoms with Gasteiger partial charge in [-0.15, -0.1) is 0 Å². The standard InChI is InChI=1S/C19H19NO2/c1-12-5-6-20-15(8-12)10-16(18(20)11-21)17-9-13(2)7-14(3)19(17)22-4/h5-11H,1-4H3. The van der Waals surface area contributed by atoms with Crippen LogP contribution in [0.25, 0.3) is 16.6 Å². The molecule has 0 atom stereocenters. The van der Waals surface area contributed by atoms with Gasteiger partial charge in [0.15, 0.2) is 6.29 Å². The highest BCUT2D eigenvalue weighted by molar-refractivity contribution is 5.92. The highest BCUT2D eigenvalue weighted by Gasteiger charge is 2.17. The predicted octanol–water partition coefficient (Wildman–Crippen LogP) is 4.35. The summed E-state index contributed by atoms with van der Waals surface area (Å²) in [5, 5.41) is 0. The number of aromatic nitrogens is 1. The summed E-state index contributed by atoms with van der Waals surface area (Å²) < 4.78 is 7.50. The van der Waals surface area contributed by atoms with Crippen LogP contribution in [0.2, 0.25) is 0 Å². The number of rotatable bonds is 3. The number of ether oxygens (including phenoxy) is 1. The molecule has 0 aliphatic carbocycles. The van der Waals surface area contributed by atoms with Gasteiger partial charge in [-0.1, -0.05) is 6.07 Å². The van der Waals surface area contributed by atoms with Gasteiger partial charge in [0.2, 0.25) is 0 Å².